The summed E-state index contributed by atoms with van der Waals surface area (Å²) in [4.78, 5) is 14.6. The summed E-state index contributed by atoms with van der Waals surface area (Å²) in [6.07, 6.45) is 1.74. The zero-order chi connectivity index (χ0) is 16.9. The average Bonchev–Trinajstić information content (AvgIpc) is 3.13. The molecule has 0 radical (unpaired) electrons. The number of nitrogens with one attached hydrogen (secondary N) is 2. The molecule has 0 aliphatic rings. The molecule has 0 bridgehead atoms. The molecule has 0 aliphatic heterocycles. The standard InChI is InChI=1S/C16H13N3O4S/c1-19-14-6-5-10(9-15(14)23-16(19)20)24(21,22)18-13-4-2-3-12-11(13)7-8-17-12/h2-9,17-18H,1H3. The van der Waals surface area contributed by atoms with Gasteiger partial charge in [-0.1, -0.05) is 6.07 Å². The Hall–Kier alpha value is -3.00. The van der Waals surface area contributed by atoms with Crippen LogP contribution in [-0.2, 0) is 17.1 Å². The molecule has 0 unspecified atom stereocenters. The van der Waals surface area contributed by atoms with Gasteiger partial charge in [0.05, 0.1) is 16.1 Å². The lowest BCUT2D eigenvalue weighted by atomic mass is 10.2. The number of H-pyrrole nitrogens is 1. The van der Waals surface area contributed by atoms with Crippen molar-refractivity contribution in [2.24, 2.45) is 7.05 Å². The molecule has 0 saturated heterocycles. The summed E-state index contributed by atoms with van der Waals surface area (Å²) in [6, 6.07) is 11.4. The molecule has 0 atom stereocenters. The zero-order valence-corrected chi connectivity index (χ0v) is 13.4. The Balaban J connectivity index is 1.80. The number of fused-ring (bicyclic) bond motifs is 2. The van der Waals surface area contributed by atoms with E-state index in [9.17, 15) is 13.2 Å². The second-order valence-corrected chi connectivity index (χ2v) is 7.09. The van der Waals surface area contributed by atoms with E-state index in [1.165, 1.54) is 16.7 Å². The second-order valence-electron chi connectivity index (χ2n) is 5.41. The van der Waals surface area contributed by atoms with E-state index in [0.29, 0.717) is 11.2 Å². The third kappa shape index (κ3) is 2.19. The number of anilines is 1. The first-order valence-corrected chi connectivity index (χ1v) is 8.62. The summed E-state index contributed by atoms with van der Waals surface area (Å²) in [6.45, 7) is 0. The molecule has 24 heavy (non-hydrogen) atoms. The van der Waals surface area contributed by atoms with Gasteiger partial charge in [-0.05, 0) is 30.3 Å². The van der Waals surface area contributed by atoms with Crippen molar-refractivity contribution in [2.75, 3.05) is 4.72 Å². The first-order valence-electron chi connectivity index (χ1n) is 7.14. The lowest BCUT2D eigenvalue weighted by molar-refractivity contribution is 0.527. The third-order valence-corrected chi connectivity index (χ3v) is 5.28. The van der Waals surface area contributed by atoms with Gasteiger partial charge in [-0.3, -0.25) is 9.29 Å². The van der Waals surface area contributed by atoms with Crippen LogP contribution < -0.4 is 10.5 Å². The third-order valence-electron chi connectivity index (χ3n) is 3.91. The highest BCUT2D eigenvalue weighted by molar-refractivity contribution is 7.92. The van der Waals surface area contributed by atoms with E-state index in [2.05, 4.69) is 9.71 Å². The number of oxazole rings is 1. The van der Waals surface area contributed by atoms with Crippen LogP contribution in [0.1, 0.15) is 0 Å². The van der Waals surface area contributed by atoms with Crippen LogP contribution in [0.25, 0.3) is 22.0 Å². The molecule has 4 rings (SSSR count). The minimum Gasteiger partial charge on any atom is -0.408 e. The Bertz CT molecular complexity index is 1230. The largest absolute Gasteiger partial charge is 0.419 e. The summed E-state index contributed by atoms with van der Waals surface area (Å²) in [5.41, 5.74) is 2.07. The van der Waals surface area contributed by atoms with Crippen molar-refractivity contribution in [3.8, 4) is 0 Å². The number of aryl methyl sites for hydroxylation is 1. The van der Waals surface area contributed by atoms with Gasteiger partial charge < -0.3 is 9.40 Å². The molecular weight excluding hydrogens is 330 g/mol. The SMILES string of the molecule is Cn1c(=O)oc2cc(S(=O)(=O)Nc3cccc4[nH]ccc34)ccc21. The van der Waals surface area contributed by atoms with Crippen LogP contribution in [0, 0.1) is 0 Å². The molecule has 4 aromatic rings. The predicted octanol–water partition coefficient (Wildman–Crippen LogP) is 2.41. The van der Waals surface area contributed by atoms with Crippen LogP contribution in [0.15, 0.2) is 62.8 Å². The lowest BCUT2D eigenvalue weighted by Gasteiger charge is -2.09. The van der Waals surface area contributed by atoms with E-state index >= 15 is 0 Å². The molecule has 2 aromatic carbocycles. The fourth-order valence-electron chi connectivity index (χ4n) is 2.66. The number of hydrogen-bond acceptors (Lipinski definition) is 4. The van der Waals surface area contributed by atoms with Gasteiger partial charge in [0.2, 0.25) is 0 Å². The zero-order valence-electron chi connectivity index (χ0n) is 12.6. The number of benzene rings is 2. The van der Waals surface area contributed by atoms with Crippen molar-refractivity contribution in [3.05, 3.63) is 59.2 Å². The molecule has 2 heterocycles. The van der Waals surface area contributed by atoms with Crippen molar-refractivity contribution in [3.63, 3.8) is 0 Å². The Morgan fingerprint density at radius 2 is 2.00 bits per heavy atom. The Kier molecular flexibility index (Phi) is 3.04. The van der Waals surface area contributed by atoms with Gasteiger partial charge in [-0.2, -0.15) is 0 Å². The number of nitrogens with zero attached hydrogens (tertiary/aromatic N) is 1. The number of sulfonamides is 1. The monoisotopic (exact) mass is 343 g/mol. The molecule has 7 nitrogen and oxygen atoms in total. The molecule has 2 aromatic heterocycles. The number of aromatic amines is 1. The number of aromatic nitrogens is 2. The Morgan fingerprint density at radius 1 is 1.17 bits per heavy atom. The van der Waals surface area contributed by atoms with Gasteiger partial charge in [-0.15, -0.1) is 0 Å². The van der Waals surface area contributed by atoms with E-state index in [1.54, 1.807) is 37.5 Å². The van der Waals surface area contributed by atoms with E-state index in [4.69, 9.17) is 4.42 Å². The predicted molar refractivity (Wildman–Crippen MR) is 90.6 cm³/mol. The van der Waals surface area contributed by atoms with Crippen LogP contribution in [0.3, 0.4) is 0 Å². The molecule has 8 heteroatoms. The highest BCUT2D eigenvalue weighted by atomic mass is 32.2. The molecule has 0 fully saturated rings. The van der Waals surface area contributed by atoms with E-state index < -0.39 is 15.8 Å². The van der Waals surface area contributed by atoms with Gasteiger partial charge in [0.1, 0.15) is 0 Å². The second kappa shape index (κ2) is 5.00. The van der Waals surface area contributed by atoms with Crippen molar-refractivity contribution >= 4 is 37.7 Å². The molecule has 122 valence electrons. The van der Waals surface area contributed by atoms with Crippen molar-refractivity contribution in [1.29, 1.82) is 0 Å². The normalized spacial score (nSPS) is 12.0. The maximum atomic E-state index is 12.7. The van der Waals surface area contributed by atoms with Crippen LogP contribution in [0.5, 0.6) is 0 Å². The van der Waals surface area contributed by atoms with Crippen molar-refractivity contribution in [2.45, 2.75) is 4.90 Å². The van der Waals surface area contributed by atoms with E-state index in [-0.39, 0.29) is 10.5 Å². The molecule has 2 N–H and O–H groups in total. The van der Waals surface area contributed by atoms with Gasteiger partial charge >= 0.3 is 5.76 Å². The minimum atomic E-state index is -3.81. The van der Waals surface area contributed by atoms with Crippen LogP contribution in [-0.4, -0.2) is 18.0 Å². The fraction of sp³-hybridized carbons (Fsp3) is 0.0625. The summed E-state index contributed by atoms with van der Waals surface area (Å²) >= 11 is 0. The molecule has 0 aliphatic carbocycles. The number of hydrogen-bond donors (Lipinski definition) is 2. The molecule has 0 amide bonds. The summed E-state index contributed by atoms with van der Waals surface area (Å²) in [5.74, 6) is -0.537. The highest BCUT2D eigenvalue weighted by Crippen LogP contribution is 2.26. The minimum absolute atomic E-state index is 0.0249. The van der Waals surface area contributed by atoms with Crippen LogP contribution in [0.4, 0.5) is 5.69 Å². The molecule has 0 saturated carbocycles. The van der Waals surface area contributed by atoms with Crippen molar-refractivity contribution < 1.29 is 12.8 Å². The van der Waals surface area contributed by atoms with Gasteiger partial charge in [0.25, 0.3) is 10.0 Å². The van der Waals surface area contributed by atoms with Crippen LogP contribution >= 0.6 is 0 Å². The maximum absolute atomic E-state index is 12.7. The number of rotatable bonds is 3. The first-order chi connectivity index (χ1) is 11.5. The first kappa shape index (κ1) is 14.6. The van der Waals surface area contributed by atoms with Crippen LogP contribution in [0.2, 0.25) is 0 Å². The Morgan fingerprint density at radius 3 is 2.83 bits per heavy atom. The van der Waals surface area contributed by atoms with Gasteiger partial charge in [0.15, 0.2) is 5.58 Å². The summed E-state index contributed by atoms with van der Waals surface area (Å²) in [5, 5.41) is 0.772. The van der Waals surface area contributed by atoms with E-state index in [0.717, 1.165) is 10.9 Å². The molecule has 0 spiro atoms. The van der Waals surface area contributed by atoms with Gasteiger partial charge in [-0.25, -0.2) is 13.2 Å². The van der Waals surface area contributed by atoms with E-state index in [1.807, 2.05) is 6.07 Å². The fourth-order valence-corrected chi connectivity index (χ4v) is 3.75. The van der Waals surface area contributed by atoms with Crippen molar-refractivity contribution in [1.82, 2.24) is 9.55 Å². The topological polar surface area (TPSA) is 97.1 Å². The summed E-state index contributed by atoms with van der Waals surface area (Å²) in [7, 11) is -2.25. The maximum Gasteiger partial charge on any atom is 0.419 e. The van der Waals surface area contributed by atoms with Gasteiger partial charge in [0, 0.05) is 30.2 Å². The Labute approximate surface area is 136 Å². The molecular formula is C16H13N3O4S. The average molecular weight is 343 g/mol. The summed E-state index contributed by atoms with van der Waals surface area (Å²) < 4.78 is 34.3. The quantitative estimate of drug-likeness (QED) is 0.597. The smallest absolute Gasteiger partial charge is 0.408 e. The highest BCUT2D eigenvalue weighted by Gasteiger charge is 2.18. The lowest BCUT2D eigenvalue weighted by Crippen LogP contribution is -2.13.